The van der Waals surface area contributed by atoms with Crippen LogP contribution >= 0.6 is 39.7 Å². The Kier molecular flexibility index (Phi) is 4.88. The number of hydrogen-bond acceptors (Lipinski definition) is 4. The van der Waals surface area contributed by atoms with Crippen LogP contribution in [0, 0.1) is 0 Å². The second kappa shape index (κ2) is 6.31. The summed E-state index contributed by atoms with van der Waals surface area (Å²) < 4.78 is 28.8. The quantitative estimate of drug-likeness (QED) is 0.707. The van der Waals surface area contributed by atoms with Crippen LogP contribution in [0.25, 0.3) is 10.2 Å². The van der Waals surface area contributed by atoms with Gasteiger partial charge < -0.3 is 0 Å². The fourth-order valence-electron chi connectivity index (χ4n) is 1.75. The van der Waals surface area contributed by atoms with E-state index in [0.29, 0.717) is 9.47 Å². The maximum Gasteiger partial charge on any atom is 0.262 e. The van der Waals surface area contributed by atoms with Crippen molar-refractivity contribution < 1.29 is 8.42 Å². The van der Waals surface area contributed by atoms with Gasteiger partial charge in [-0.25, -0.2) is 8.42 Å². The van der Waals surface area contributed by atoms with Gasteiger partial charge in [-0.2, -0.15) is 0 Å². The lowest BCUT2D eigenvalue weighted by atomic mass is 10.4. The van der Waals surface area contributed by atoms with Crippen molar-refractivity contribution in [2.24, 2.45) is 0 Å². The Morgan fingerprint density at radius 2 is 1.81 bits per heavy atom. The minimum Gasteiger partial charge on any atom is -0.269 e. The van der Waals surface area contributed by atoms with E-state index in [1.807, 2.05) is 12.1 Å². The van der Waals surface area contributed by atoms with Crippen molar-refractivity contribution in [3.63, 3.8) is 0 Å². The predicted octanol–water partition coefficient (Wildman–Crippen LogP) is 4.28. The molecule has 0 saturated heterocycles. The van der Waals surface area contributed by atoms with Crippen molar-refractivity contribution in [2.75, 3.05) is 4.72 Å². The Hall–Kier alpha value is -1.15. The van der Waals surface area contributed by atoms with Crippen molar-refractivity contribution in [3.05, 3.63) is 53.1 Å². The SMILES string of the molecule is Cl.O=S(=O)(Nc1sc2cccnc2c1Br)c1ccccc1. The highest BCUT2D eigenvalue weighted by Gasteiger charge is 2.18. The van der Waals surface area contributed by atoms with Crippen molar-refractivity contribution in [3.8, 4) is 0 Å². The second-order valence-corrected chi connectivity index (χ2v) is 7.54. The molecule has 21 heavy (non-hydrogen) atoms. The number of hydrogen-bond donors (Lipinski definition) is 1. The lowest BCUT2D eigenvalue weighted by molar-refractivity contribution is 0.601. The number of halogens is 2. The van der Waals surface area contributed by atoms with Crippen LogP contribution < -0.4 is 4.72 Å². The van der Waals surface area contributed by atoms with Gasteiger partial charge in [0.2, 0.25) is 0 Å². The molecule has 0 aliphatic heterocycles. The second-order valence-electron chi connectivity index (χ2n) is 4.01. The Morgan fingerprint density at radius 1 is 1.10 bits per heavy atom. The zero-order valence-electron chi connectivity index (χ0n) is 10.5. The summed E-state index contributed by atoms with van der Waals surface area (Å²) in [5.74, 6) is 0. The topological polar surface area (TPSA) is 59.1 Å². The molecule has 1 aromatic carbocycles. The van der Waals surface area contributed by atoms with E-state index in [1.165, 1.54) is 11.3 Å². The molecule has 2 aromatic heterocycles. The molecule has 1 N–H and O–H groups in total. The Labute approximate surface area is 140 Å². The minimum atomic E-state index is -3.58. The summed E-state index contributed by atoms with van der Waals surface area (Å²) in [5.41, 5.74) is 0.753. The number of nitrogens with zero attached hydrogens (tertiary/aromatic N) is 1. The molecule has 8 heteroatoms. The van der Waals surface area contributed by atoms with Gasteiger partial charge in [-0.1, -0.05) is 18.2 Å². The molecular formula is C13H10BrClN2O2S2. The van der Waals surface area contributed by atoms with Gasteiger partial charge >= 0.3 is 0 Å². The average molecular weight is 406 g/mol. The smallest absolute Gasteiger partial charge is 0.262 e. The molecule has 0 aliphatic carbocycles. The molecule has 2 heterocycles. The van der Waals surface area contributed by atoms with E-state index in [9.17, 15) is 8.42 Å². The summed E-state index contributed by atoms with van der Waals surface area (Å²) in [6.07, 6.45) is 1.68. The van der Waals surface area contributed by atoms with Crippen molar-refractivity contribution in [1.29, 1.82) is 0 Å². The molecule has 0 spiro atoms. The first kappa shape index (κ1) is 16.2. The third-order valence-electron chi connectivity index (χ3n) is 2.67. The minimum absolute atomic E-state index is 0. The van der Waals surface area contributed by atoms with E-state index >= 15 is 0 Å². The normalized spacial score (nSPS) is 11.1. The van der Waals surface area contributed by atoms with Crippen LogP contribution in [0.5, 0.6) is 0 Å². The molecule has 0 radical (unpaired) electrons. The van der Waals surface area contributed by atoms with Gasteiger partial charge in [0.05, 0.1) is 19.6 Å². The molecule has 4 nitrogen and oxygen atoms in total. The van der Waals surface area contributed by atoms with Crippen LogP contribution in [0.2, 0.25) is 0 Å². The summed E-state index contributed by atoms with van der Waals surface area (Å²) in [6, 6.07) is 12.0. The fraction of sp³-hybridized carbons (Fsp3) is 0. The van der Waals surface area contributed by atoms with Crippen LogP contribution in [-0.2, 0) is 10.0 Å². The number of anilines is 1. The van der Waals surface area contributed by atoms with Crippen molar-refractivity contribution >= 4 is 64.9 Å². The maximum absolute atomic E-state index is 12.3. The van der Waals surface area contributed by atoms with E-state index in [4.69, 9.17) is 0 Å². The van der Waals surface area contributed by atoms with Gasteiger partial charge in [-0.15, -0.1) is 23.7 Å². The standard InChI is InChI=1S/C13H9BrN2O2S2.ClH/c14-11-12-10(7-4-8-15-12)19-13(11)16-20(17,18)9-5-2-1-3-6-9;/h1-8,16H;1H. The summed E-state index contributed by atoms with van der Waals surface area (Å²) in [4.78, 5) is 4.47. The molecule has 3 aromatic rings. The summed E-state index contributed by atoms with van der Waals surface area (Å²) in [5, 5.41) is 0.530. The Morgan fingerprint density at radius 3 is 2.48 bits per heavy atom. The summed E-state index contributed by atoms with van der Waals surface area (Å²) in [7, 11) is -3.58. The number of pyridine rings is 1. The van der Waals surface area contributed by atoms with E-state index in [0.717, 1.165) is 10.2 Å². The third kappa shape index (κ3) is 3.21. The van der Waals surface area contributed by atoms with Crippen LogP contribution in [0.4, 0.5) is 5.00 Å². The van der Waals surface area contributed by atoms with Crippen LogP contribution in [0.15, 0.2) is 58.0 Å². The van der Waals surface area contributed by atoms with Crippen LogP contribution in [0.3, 0.4) is 0 Å². The maximum atomic E-state index is 12.3. The first-order valence-electron chi connectivity index (χ1n) is 5.69. The third-order valence-corrected chi connectivity index (χ3v) is 6.26. The lowest BCUT2D eigenvalue weighted by Crippen LogP contribution is -2.12. The highest BCUT2D eigenvalue weighted by Crippen LogP contribution is 2.39. The number of rotatable bonds is 3. The van der Waals surface area contributed by atoms with Gasteiger partial charge in [-0.05, 0) is 40.2 Å². The summed E-state index contributed by atoms with van der Waals surface area (Å²) >= 11 is 4.74. The van der Waals surface area contributed by atoms with Gasteiger partial charge in [0.15, 0.2) is 0 Å². The molecule has 0 amide bonds. The van der Waals surface area contributed by atoms with Crippen LogP contribution in [0.1, 0.15) is 0 Å². The zero-order valence-corrected chi connectivity index (χ0v) is 14.5. The fourth-order valence-corrected chi connectivity index (χ4v) is 4.95. The van der Waals surface area contributed by atoms with Crippen molar-refractivity contribution in [1.82, 2.24) is 4.98 Å². The zero-order chi connectivity index (χ0) is 14.2. The van der Waals surface area contributed by atoms with E-state index in [2.05, 4.69) is 25.6 Å². The number of benzene rings is 1. The van der Waals surface area contributed by atoms with Gasteiger partial charge in [0.25, 0.3) is 10.0 Å². The molecule has 0 aliphatic rings. The first-order chi connectivity index (χ1) is 9.58. The van der Waals surface area contributed by atoms with E-state index in [-0.39, 0.29) is 17.3 Å². The molecule has 0 fully saturated rings. The Bertz CT molecular complexity index is 866. The molecule has 0 unspecified atom stereocenters. The largest absolute Gasteiger partial charge is 0.269 e. The number of aromatic nitrogens is 1. The highest BCUT2D eigenvalue weighted by molar-refractivity contribution is 9.10. The van der Waals surface area contributed by atoms with Gasteiger partial charge in [0.1, 0.15) is 5.00 Å². The number of fused-ring (bicyclic) bond motifs is 1. The van der Waals surface area contributed by atoms with Gasteiger partial charge in [0, 0.05) is 6.20 Å². The molecule has 110 valence electrons. The highest BCUT2D eigenvalue weighted by atomic mass is 79.9. The number of thiophene rings is 1. The Balaban J connectivity index is 0.00000161. The van der Waals surface area contributed by atoms with E-state index < -0.39 is 10.0 Å². The lowest BCUT2D eigenvalue weighted by Gasteiger charge is -2.06. The van der Waals surface area contributed by atoms with E-state index in [1.54, 1.807) is 36.5 Å². The summed E-state index contributed by atoms with van der Waals surface area (Å²) in [6.45, 7) is 0. The molecule has 3 rings (SSSR count). The first-order valence-corrected chi connectivity index (χ1v) is 8.78. The monoisotopic (exact) mass is 404 g/mol. The number of nitrogens with one attached hydrogen (secondary N) is 1. The number of sulfonamides is 1. The van der Waals surface area contributed by atoms with Crippen LogP contribution in [-0.4, -0.2) is 13.4 Å². The molecule has 0 atom stereocenters. The molecule has 0 bridgehead atoms. The van der Waals surface area contributed by atoms with Crippen molar-refractivity contribution in [2.45, 2.75) is 4.90 Å². The molecule has 0 saturated carbocycles. The predicted molar refractivity (Wildman–Crippen MR) is 91.8 cm³/mol. The molecular weight excluding hydrogens is 396 g/mol. The van der Waals surface area contributed by atoms with Gasteiger partial charge in [-0.3, -0.25) is 9.71 Å². The average Bonchev–Trinajstić information content (AvgIpc) is 2.76.